The highest BCUT2D eigenvalue weighted by Crippen LogP contribution is 2.13. The van der Waals surface area contributed by atoms with E-state index in [0.29, 0.717) is 5.56 Å². The van der Waals surface area contributed by atoms with Crippen molar-refractivity contribution in [1.29, 1.82) is 0 Å². The van der Waals surface area contributed by atoms with E-state index in [0.717, 1.165) is 0 Å². The molecule has 0 aromatic heterocycles. The SMILES string of the molecule is CCC(=O)c1cccc(S(=O)(=O)NC(C)C(=O)OC)c1. The molecule has 1 N–H and O–H groups in total. The maximum atomic E-state index is 12.1. The summed E-state index contributed by atoms with van der Waals surface area (Å²) in [5.74, 6) is -0.836. The number of rotatable bonds is 6. The molecule has 0 fully saturated rings. The Bertz CT molecular complexity index is 609. The van der Waals surface area contributed by atoms with Crippen molar-refractivity contribution < 1.29 is 22.7 Å². The van der Waals surface area contributed by atoms with Crippen LogP contribution in [0.2, 0.25) is 0 Å². The van der Waals surface area contributed by atoms with Gasteiger partial charge in [-0.2, -0.15) is 4.72 Å². The van der Waals surface area contributed by atoms with Gasteiger partial charge in [-0.25, -0.2) is 8.42 Å². The van der Waals surface area contributed by atoms with E-state index >= 15 is 0 Å². The molecule has 110 valence electrons. The fraction of sp³-hybridized carbons (Fsp3) is 0.385. The summed E-state index contributed by atoms with van der Waals surface area (Å²) in [7, 11) is -2.71. The Labute approximate surface area is 118 Å². The van der Waals surface area contributed by atoms with E-state index in [4.69, 9.17) is 0 Å². The first kappa shape index (κ1) is 16.3. The van der Waals surface area contributed by atoms with Gasteiger partial charge in [0.2, 0.25) is 10.0 Å². The monoisotopic (exact) mass is 299 g/mol. The van der Waals surface area contributed by atoms with Crippen molar-refractivity contribution in [1.82, 2.24) is 4.72 Å². The summed E-state index contributed by atoms with van der Waals surface area (Å²) in [5.41, 5.74) is 0.320. The quantitative estimate of drug-likeness (QED) is 0.628. The number of ether oxygens (including phenoxy) is 1. The largest absolute Gasteiger partial charge is 0.468 e. The van der Waals surface area contributed by atoms with Crippen LogP contribution in [0.15, 0.2) is 29.2 Å². The Morgan fingerprint density at radius 3 is 2.55 bits per heavy atom. The van der Waals surface area contributed by atoms with Crippen LogP contribution >= 0.6 is 0 Å². The molecule has 1 aromatic carbocycles. The van der Waals surface area contributed by atoms with E-state index < -0.39 is 22.0 Å². The second-order valence-electron chi connectivity index (χ2n) is 4.17. The molecule has 7 heteroatoms. The number of ketones is 1. The van der Waals surface area contributed by atoms with E-state index in [2.05, 4.69) is 9.46 Å². The lowest BCUT2D eigenvalue weighted by Crippen LogP contribution is -2.39. The zero-order chi connectivity index (χ0) is 15.3. The Kier molecular flexibility index (Phi) is 5.41. The summed E-state index contributed by atoms with van der Waals surface area (Å²) in [6.07, 6.45) is 0.287. The molecule has 0 aliphatic rings. The number of nitrogens with one attached hydrogen (secondary N) is 1. The molecular formula is C13H17NO5S. The van der Waals surface area contributed by atoms with E-state index in [1.807, 2.05) is 0 Å². The van der Waals surface area contributed by atoms with Gasteiger partial charge in [0.05, 0.1) is 12.0 Å². The maximum absolute atomic E-state index is 12.1. The summed E-state index contributed by atoms with van der Waals surface area (Å²) < 4.78 is 30.8. The zero-order valence-corrected chi connectivity index (χ0v) is 12.4. The van der Waals surface area contributed by atoms with Gasteiger partial charge in [-0.15, -0.1) is 0 Å². The Morgan fingerprint density at radius 2 is 2.00 bits per heavy atom. The second-order valence-corrected chi connectivity index (χ2v) is 5.88. The second kappa shape index (κ2) is 6.62. The molecule has 1 rings (SSSR count). The van der Waals surface area contributed by atoms with Crippen molar-refractivity contribution in [2.75, 3.05) is 7.11 Å². The Hall–Kier alpha value is -1.73. The highest BCUT2D eigenvalue weighted by molar-refractivity contribution is 7.89. The number of esters is 1. The number of hydrogen-bond acceptors (Lipinski definition) is 5. The summed E-state index contributed by atoms with van der Waals surface area (Å²) >= 11 is 0. The Balaban J connectivity index is 3.04. The lowest BCUT2D eigenvalue weighted by atomic mass is 10.1. The van der Waals surface area contributed by atoms with Crippen LogP contribution in [0.4, 0.5) is 0 Å². The molecule has 0 saturated heterocycles. The summed E-state index contributed by atoms with van der Waals surface area (Å²) in [6.45, 7) is 3.07. The molecular weight excluding hydrogens is 282 g/mol. The molecule has 0 aliphatic heterocycles. The van der Waals surface area contributed by atoms with Crippen LogP contribution in [0.25, 0.3) is 0 Å². The number of carbonyl (C=O) groups excluding carboxylic acids is 2. The minimum Gasteiger partial charge on any atom is -0.468 e. The summed E-state index contributed by atoms with van der Waals surface area (Å²) in [5, 5.41) is 0. The molecule has 0 amide bonds. The number of methoxy groups -OCH3 is 1. The van der Waals surface area contributed by atoms with Gasteiger partial charge < -0.3 is 4.74 Å². The molecule has 1 aromatic rings. The minimum atomic E-state index is -3.88. The summed E-state index contributed by atoms with van der Waals surface area (Å²) in [4.78, 5) is 22.8. The predicted molar refractivity (Wildman–Crippen MR) is 72.9 cm³/mol. The number of carbonyl (C=O) groups is 2. The van der Waals surface area contributed by atoms with Gasteiger partial charge in [-0.1, -0.05) is 19.1 Å². The molecule has 0 aliphatic carbocycles. The smallest absolute Gasteiger partial charge is 0.323 e. The van der Waals surface area contributed by atoms with Crippen LogP contribution in [0.1, 0.15) is 30.6 Å². The molecule has 0 spiro atoms. The average Bonchev–Trinajstić information content (AvgIpc) is 2.45. The molecule has 0 bridgehead atoms. The van der Waals surface area contributed by atoms with Gasteiger partial charge in [-0.3, -0.25) is 9.59 Å². The van der Waals surface area contributed by atoms with Crippen LogP contribution in [0, 0.1) is 0 Å². The number of Topliss-reactive ketones (excluding diaryl/α,β-unsaturated/α-hetero) is 1. The average molecular weight is 299 g/mol. The van der Waals surface area contributed by atoms with Crippen molar-refractivity contribution >= 4 is 21.8 Å². The first-order chi connectivity index (χ1) is 9.31. The van der Waals surface area contributed by atoms with E-state index in [1.54, 1.807) is 13.0 Å². The van der Waals surface area contributed by atoms with Crippen molar-refractivity contribution in [3.63, 3.8) is 0 Å². The standard InChI is InChI=1S/C13H17NO5S/c1-4-12(15)10-6-5-7-11(8-10)20(17,18)14-9(2)13(16)19-3/h5-9,14H,4H2,1-3H3. The first-order valence-corrected chi connectivity index (χ1v) is 7.53. The lowest BCUT2D eigenvalue weighted by Gasteiger charge is -2.12. The normalized spacial score (nSPS) is 12.8. The highest BCUT2D eigenvalue weighted by Gasteiger charge is 2.23. The molecule has 1 atom stereocenters. The van der Waals surface area contributed by atoms with Gasteiger partial charge in [0.15, 0.2) is 5.78 Å². The molecule has 0 radical (unpaired) electrons. The van der Waals surface area contributed by atoms with Crippen molar-refractivity contribution in [2.24, 2.45) is 0 Å². The molecule has 0 saturated carbocycles. The topological polar surface area (TPSA) is 89.5 Å². The highest BCUT2D eigenvalue weighted by atomic mass is 32.2. The maximum Gasteiger partial charge on any atom is 0.323 e. The fourth-order valence-corrected chi connectivity index (χ4v) is 2.80. The van der Waals surface area contributed by atoms with E-state index in [1.165, 1.54) is 32.2 Å². The van der Waals surface area contributed by atoms with Crippen molar-refractivity contribution in [3.8, 4) is 0 Å². The van der Waals surface area contributed by atoms with Gasteiger partial charge in [0, 0.05) is 12.0 Å². The fourth-order valence-electron chi connectivity index (χ4n) is 1.57. The van der Waals surface area contributed by atoms with E-state index in [9.17, 15) is 18.0 Å². The molecule has 6 nitrogen and oxygen atoms in total. The molecule has 1 unspecified atom stereocenters. The third-order valence-electron chi connectivity index (χ3n) is 2.67. The van der Waals surface area contributed by atoms with Crippen LogP contribution < -0.4 is 4.72 Å². The third kappa shape index (κ3) is 3.88. The van der Waals surface area contributed by atoms with Gasteiger partial charge in [-0.05, 0) is 19.1 Å². The van der Waals surface area contributed by atoms with Crippen LogP contribution in [-0.2, 0) is 19.6 Å². The van der Waals surface area contributed by atoms with Crippen LogP contribution in [-0.4, -0.2) is 33.3 Å². The van der Waals surface area contributed by atoms with Crippen molar-refractivity contribution in [3.05, 3.63) is 29.8 Å². The third-order valence-corrected chi connectivity index (χ3v) is 4.21. The van der Waals surface area contributed by atoms with Gasteiger partial charge in [0.25, 0.3) is 0 Å². The lowest BCUT2D eigenvalue weighted by molar-refractivity contribution is -0.142. The summed E-state index contributed by atoms with van der Waals surface area (Å²) in [6, 6.07) is 4.68. The molecule has 0 heterocycles. The van der Waals surface area contributed by atoms with Crippen LogP contribution in [0.3, 0.4) is 0 Å². The van der Waals surface area contributed by atoms with Crippen LogP contribution in [0.5, 0.6) is 0 Å². The van der Waals surface area contributed by atoms with Gasteiger partial charge in [0.1, 0.15) is 6.04 Å². The van der Waals surface area contributed by atoms with Crippen molar-refractivity contribution in [2.45, 2.75) is 31.2 Å². The number of hydrogen-bond donors (Lipinski definition) is 1. The predicted octanol–water partition coefficient (Wildman–Crippen LogP) is 1.12. The zero-order valence-electron chi connectivity index (χ0n) is 11.5. The van der Waals surface area contributed by atoms with Gasteiger partial charge >= 0.3 is 5.97 Å². The number of benzene rings is 1. The minimum absolute atomic E-state index is 0.0625. The molecule has 20 heavy (non-hydrogen) atoms. The Morgan fingerprint density at radius 1 is 1.35 bits per heavy atom. The number of sulfonamides is 1. The van der Waals surface area contributed by atoms with E-state index in [-0.39, 0.29) is 17.1 Å². The first-order valence-electron chi connectivity index (χ1n) is 6.05.